The van der Waals surface area contributed by atoms with Crippen LogP contribution in [0.2, 0.25) is 0 Å². The van der Waals surface area contributed by atoms with E-state index in [1.165, 1.54) is 0 Å². The van der Waals surface area contributed by atoms with E-state index in [-0.39, 0.29) is 0 Å². The Morgan fingerprint density at radius 2 is 2.06 bits per heavy atom. The molecule has 1 heterocycles. The van der Waals surface area contributed by atoms with Gasteiger partial charge in [0.05, 0.1) is 4.92 Å². The van der Waals surface area contributed by atoms with Crippen molar-refractivity contribution in [1.82, 2.24) is 4.98 Å². The SMILES string of the molecule is NS(=O)(=O)c1cnc(C(F)F)c([N+](=O)[O-])c1. The van der Waals surface area contributed by atoms with Crippen molar-refractivity contribution in [3.8, 4) is 0 Å². The third kappa shape index (κ3) is 2.46. The van der Waals surface area contributed by atoms with E-state index in [1.54, 1.807) is 0 Å². The topological polar surface area (TPSA) is 116 Å². The minimum atomic E-state index is -4.21. The Morgan fingerprint density at radius 3 is 2.44 bits per heavy atom. The number of aromatic nitrogens is 1. The summed E-state index contributed by atoms with van der Waals surface area (Å²) < 4.78 is 46.2. The number of halogens is 2. The Hall–Kier alpha value is -1.68. The summed E-state index contributed by atoms with van der Waals surface area (Å²) in [6.07, 6.45) is -2.63. The zero-order chi connectivity index (χ0) is 12.5. The van der Waals surface area contributed by atoms with Crippen molar-refractivity contribution in [1.29, 1.82) is 0 Å². The maximum atomic E-state index is 12.3. The molecule has 0 aromatic carbocycles. The highest BCUT2D eigenvalue weighted by molar-refractivity contribution is 7.89. The number of nitro groups is 1. The average molecular weight is 253 g/mol. The van der Waals surface area contributed by atoms with Crippen molar-refractivity contribution < 1.29 is 22.1 Å². The number of nitrogens with two attached hydrogens (primary N) is 1. The van der Waals surface area contributed by atoms with Gasteiger partial charge in [0, 0.05) is 12.3 Å². The van der Waals surface area contributed by atoms with E-state index in [1.807, 2.05) is 0 Å². The first-order chi connectivity index (χ1) is 7.23. The van der Waals surface area contributed by atoms with Gasteiger partial charge in [0.2, 0.25) is 10.0 Å². The molecule has 0 saturated carbocycles. The molecule has 1 aromatic heterocycles. The van der Waals surface area contributed by atoms with Crippen LogP contribution in [0.5, 0.6) is 0 Å². The molecule has 0 amide bonds. The van der Waals surface area contributed by atoms with Crippen LogP contribution < -0.4 is 5.14 Å². The van der Waals surface area contributed by atoms with Gasteiger partial charge in [-0.25, -0.2) is 27.3 Å². The Bertz CT molecular complexity index is 531. The number of pyridine rings is 1. The predicted octanol–water partition coefficient (Wildman–Crippen LogP) is 0.575. The molecular weight excluding hydrogens is 248 g/mol. The summed E-state index contributed by atoms with van der Waals surface area (Å²) in [4.78, 5) is 11.6. The molecule has 0 bridgehead atoms. The molecule has 1 rings (SSSR count). The van der Waals surface area contributed by atoms with Gasteiger partial charge in [0.1, 0.15) is 4.90 Å². The lowest BCUT2D eigenvalue weighted by Crippen LogP contribution is -2.13. The third-order valence-electron chi connectivity index (χ3n) is 1.60. The van der Waals surface area contributed by atoms with Crippen molar-refractivity contribution >= 4 is 15.7 Å². The van der Waals surface area contributed by atoms with Crippen LogP contribution in [-0.2, 0) is 10.0 Å². The van der Waals surface area contributed by atoms with Crippen molar-refractivity contribution in [2.45, 2.75) is 11.3 Å². The molecule has 0 spiro atoms. The van der Waals surface area contributed by atoms with E-state index in [2.05, 4.69) is 10.1 Å². The van der Waals surface area contributed by atoms with Crippen LogP contribution in [0.3, 0.4) is 0 Å². The van der Waals surface area contributed by atoms with Crippen molar-refractivity contribution in [2.24, 2.45) is 5.14 Å². The molecule has 1 aromatic rings. The second-order valence-corrected chi connectivity index (χ2v) is 4.24. The number of alkyl halides is 2. The summed E-state index contributed by atoms with van der Waals surface area (Å²) in [6, 6.07) is 0.448. The molecule has 0 unspecified atom stereocenters. The van der Waals surface area contributed by atoms with E-state index in [4.69, 9.17) is 0 Å². The van der Waals surface area contributed by atoms with Crippen LogP contribution in [-0.4, -0.2) is 18.3 Å². The highest BCUT2D eigenvalue weighted by Gasteiger charge is 2.25. The molecule has 7 nitrogen and oxygen atoms in total. The summed E-state index contributed by atoms with van der Waals surface area (Å²) in [6.45, 7) is 0. The van der Waals surface area contributed by atoms with E-state index in [0.717, 1.165) is 0 Å². The van der Waals surface area contributed by atoms with Gasteiger partial charge in [-0.3, -0.25) is 10.1 Å². The molecule has 2 N–H and O–H groups in total. The van der Waals surface area contributed by atoms with Gasteiger partial charge in [-0.15, -0.1) is 0 Å². The minimum absolute atomic E-state index is 0.448. The third-order valence-corrected chi connectivity index (χ3v) is 2.48. The van der Waals surface area contributed by atoms with Crippen molar-refractivity contribution in [3.63, 3.8) is 0 Å². The highest BCUT2D eigenvalue weighted by Crippen LogP contribution is 2.28. The summed E-state index contributed by atoms with van der Waals surface area (Å²) in [5.41, 5.74) is -2.18. The van der Waals surface area contributed by atoms with Crippen LogP contribution >= 0.6 is 0 Å². The molecule has 0 aliphatic rings. The fourth-order valence-electron chi connectivity index (χ4n) is 0.915. The van der Waals surface area contributed by atoms with E-state index >= 15 is 0 Å². The van der Waals surface area contributed by atoms with Crippen LogP contribution in [0.4, 0.5) is 14.5 Å². The average Bonchev–Trinajstić information content (AvgIpc) is 2.15. The first-order valence-electron chi connectivity index (χ1n) is 3.68. The van der Waals surface area contributed by atoms with Gasteiger partial charge >= 0.3 is 0 Å². The summed E-state index contributed by atoms with van der Waals surface area (Å²) >= 11 is 0. The molecule has 0 radical (unpaired) electrons. The maximum absolute atomic E-state index is 12.3. The quantitative estimate of drug-likeness (QED) is 0.624. The van der Waals surface area contributed by atoms with Gasteiger partial charge < -0.3 is 0 Å². The molecule has 0 fully saturated rings. The van der Waals surface area contributed by atoms with Crippen molar-refractivity contribution in [2.75, 3.05) is 0 Å². The fraction of sp³-hybridized carbons (Fsp3) is 0.167. The lowest BCUT2D eigenvalue weighted by Gasteiger charge is -2.02. The fourth-order valence-corrected chi connectivity index (χ4v) is 1.39. The number of hydrogen-bond donors (Lipinski definition) is 1. The number of hydrogen-bond acceptors (Lipinski definition) is 5. The molecule has 88 valence electrons. The Kier molecular flexibility index (Phi) is 3.14. The molecule has 0 aliphatic carbocycles. The molecule has 0 atom stereocenters. The largest absolute Gasteiger partial charge is 0.298 e. The zero-order valence-electron chi connectivity index (χ0n) is 7.50. The van der Waals surface area contributed by atoms with Crippen LogP contribution in [0, 0.1) is 10.1 Å². The van der Waals surface area contributed by atoms with Crippen LogP contribution in [0.1, 0.15) is 12.1 Å². The molecule has 0 aliphatic heterocycles. The number of nitrogens with zero attached hydrogens (tertiary/aromatic N) is 2. The summed E-state index contributed by atoms with van der Waals surface area (Å²) in [5, 5.41) is 15.1. The van der Waals surface area contributed by atoms with Crippen LogP contribution in [0.15, 0.2) is 17.2 Å². The van der Waals surface area contributed by atoms with Gasteiger partial charge in [-0.1, -0.05) is 0 Å². The van der Waals surface area contributed by atoms with Crippen LogP contribution in [0.25, 0.3) is 0 Å². The zero-order valence-corrected chi connectivity index (χ0v) is 8.32. The lowest BCUT2D eigenvalue weighted by molar-refractivity contribution is -0.386. The Balaban J connectivity index is 3.46. The van der Waals surface area contributed by atoms with Gasteiger partial charge in [-0.2, -0.15) is 0 Å². The molecule has 16 heavy (non-hydrogen) atoms. The summed E-state index contributed by atoms with van der Waals surface area (Å²) in [5.74, 6) is 0. The van der Waals surface area contributed by atoms with E-state index in [0.29, 0.717) is 12.3 Å². The van der Waals surface area contributed by atoms with Gasteiger partial charge in [-0.05, 0) is 0 Å². The van der Waals surface area contributed by atoms with Crippen molar-refractivity contribution in [3.05, 3.63) is 28.1 Å². The summed E-state index contributed by atoms with van der Waals surface area (Å²) in [7, 11) is -4.21. The Morgan fingerprint density at radius 1 is 1.50 bits per heavy atom. The first-order valence-corrected chi connectivity index (χ1v) is 5.23. The lowest BCUT2D eigenvalue weighted by atomic mass is 10.3. The van der Waals surface area contributed by atoms with E-state index in [9.17, 15) is 27.3 Å². The highest BCUT2D eigenvalue weighted by atomic mass is 32.2. The molecular formula is C6H5F2N3O4S. The number of rotatable bonds is 3. The second kappa shape index (κ2) is 4.06. The predicted molar refractivity (Wildman–Crippen MR) is 47.2 cm³/mol. The Labute approximate surface area is 88.1 Å². The van der Waals surface area contributed by atoms with Gasteiger partial charge in [0.15, 0.2) is 5.69 Å². The standard InChI is InChI=1S/C6H5F2N3O4S/c7-6(8)5-4(11(12)13)1-3(2-10-5)16(9,14)15/h1-2,6H,(H2,9,14,15). The maximum Gasteiger partial charge on any atom is 0.298 e. The molecule has 10 heteroatoms. The number of sulfonamides is 1. The second-order valence-electron chi connectivity index (χ2n) is 2.68. The first kappa shape index (κ1) is 12.4. The monoisotopic (exact) mass is 253 g/mol. The van der Waals surface area contributed by atoms with Gasteiger partial charge in [0.25, 0.3) is 12.1 Å². The van der Waals surface area contributed by atoms with E-state index < -0.39 is 37.6 Å². The molecule has 0 saturated heterocycles. The minimum Gasteiger partial charge on any atom is -0.258 e. The normalized spacial score (nSPS) is 11.8. The number of primary sulfonamides is 1. The smallest absolute Gasteiger partial charge is 0.258 e.